The van der Waals surface area contributed by atoms with E-state index in [0.717, 1.165) is 0 Å². The third-order valence-corrected chi connectivity index (χ3v) is 5.28. The monoisotopic (exact) mass is 460 g/mol. The number of rotatable bonds is 9. The van der Waals surface area contributed by atoms with E-state index >= 15 is 0 Å². The molecule has 1 aromatic heterocycles. The molecule has 33 heavy (non-hydrogen) atoms. The molecule has 2 aliphatic rings. The van der Waals surface area contributed by atoms with Gasteiger partial charge in [0.15, 0.2) is 17.3 Å². The van der Waals surface area contributed by atoms with Gasteiger partial charge in [0.2, 0.25) is 0 Å². The maximum atomic E-state index is 12.9. The Balaban J connectivity index is 1.57. The summed E-state index contributed by atoms with van der Waals surface area (Å²) in [5.41, 5.74) is 5.70. The van der Waals surface area contributed by atoms with E-state index in [1.807, 2.05) is 39.8 Å². The van der Waals surface area contributed by atoms with Crippen LogP contribution in [0.15, 0.2) is 29.2 Å². The van der Waals surface area contributed by atoms with Crippen molar-refractivity contribution >= 4 is 11.5 Å². The lowest BCUT2D eigenvalue weighted by Gasteiger charge is -2.24. The molecule has 10 nitrogen and oxygen atoms in total. The van der Waals surface area contributed by atoms with Gasteiger partial charge < -0.3 is 34.7 Å². The first-order valence-electron chi connectivity index (χ1n) is 11.3. The number of benzene rings is 1. The first-order valence-corrected chi connectivity index (χ1v) is 11.3. The third-order valence-electron chi connectivity index (χ3n) is 5.28. The molecule has 2 aliphatic heterocycles. The van der Waals surface area contributed by atoms with E-state index in [1.165, 1.54) is 4.57 Å². The molecule has 1 fully saturated rings. The quantitative estimate of drug-likeness (QED) is 0.497. The van der Waals surface area contributed by atoms with Crippen molar-refractivity contribution in [2.75, 3.05) is 25.1 Å². The van der Waals surface area contributed by atoms with Crippen molar-refractivity contribution in [2.45, 2.75) is 64.8 Å². The summed E-state index contributed by atoms with van der Waals surface area (Å²) in [6, 6.07) is 5.44. The summed E-state index contributed by atoms with van der Waals surface area (Å²) in [5.74, 6) is 1.89. The highest BCUT2D eigenvalue weighted by Gasteiger charge is 2.39. The maximum Gasteiger partial charge on any atom is 0.351 e. The second-order valence-corrected chi connectivity index (χ2v) is 8.61. The van der Waals surface area contributed by atoms with Gasteiger partial charge in [-0.2, -0.15) is 4.98 Å². The van der Waals surface area contributed by atoms with E-state index < -0.39 is 11.9 Å². The van der Waals surface area contributed by atoms with Gasteiger partial charge in [-0.15, -0.1) is 0 Å². The summed E-state index contributed by atoms with van der Waals surface area (Å²) in [7, 11) is 0. The Morgan fingerprint density at radius 3 is 2.79 bits per heavy atom. The highest BCUT2D eigenvalue weighted by molar-refractivity contribution is 5.77. The van der Waals surface area contributed by atoms with Gasteiger partial charge in [-0.25, -0.2) is 4.79 Å². The SMILES string of the molecule is CC(C)OCC1O[C@@H](n2cc3c(nc2=O)Nc2c(OCCN)cccc2O3)C[C@H]1OC(C)C. The van der Waals surface area contributed by atoms with E-state index in [0.29, 0.717) is 54.9 Å². The summed E-state index contributed by atoms with van der Waals surface area (Å²) >= 11 is 0. The van der Waals surface area contributed by atoms with Gasteiger partial charge in [-0.05, 0) is 39.8 Å². The van der Waals surface area contributed by atoms with Gasteiger partial charge >= 0.3 is 5.69 Å². The lowest BCUT2D eigenvalue weighted by molar-refractivity contribution is -0.0963. The van der Waals surface area contributed by atoms with Crippen molar-refractivity contribution in [3.8, 4) is 17.2 Å². The number of hydrogen-bond acceptors (Lipinski definition) is 9. The second-order valence-electron chi connectivity index (χ2n) is 8.61. The topological polar surface area (TPSA) is 119 Å². The molecule has 0 radical (unpaired) electrons. The minimum atomic E-state index is -0.538. The largest absolute Gasteiger partial charge is 0.490 e. The minimum Gasteiger partial charge on any atom is -0.490 e. The zero-order valence-corrected chi connectivity index (χ0v) is 19.4. The van der Waals surface area contributed by atoms with Gasteiger partial charge in [0.1, 0.15) is 30.4 Å². The predicted octanol–water partition coefficient (Wildman–Crippen LogP) is 2.94. The Morgan fingerprint density at radius 2 is 2.06 bits per heavy atom. The van der Waals surface area contributed by atoms with Crippen LogP contribution in [-0.2, 0) is 14.2 Å². The standard InChI is InChI=1S/C23H32N4O6/c1-13(2)30-12-19-17(31-14(3)4)10-20(33-19)27-11-18-22(26-23(27)28)25-21-15(29-9-8-24)6-5-7-16(21)32-18/h5-7,11,13-14,17,19-20H,8-10,12,24H2,1-4H3,(H,25,26,28)/t17-,19?,20-/m1/s1. The molecular weight excluding hydrogens is 428 g/mol. The lowest BCUT2D eigenvalue weighted by Crippen LogP contribution is -2.32. The molecule has 0 saturated carbocycles. The zero-order chi connectivity index (χ0) is 23.5. The van der Waals surface area contributed by atoms with Crippen LogP contribution in [0.3, 0.4) is 0 Å². The number of anilines is 2. The number of nitrogens with zero attached hydrogens (tertiary/aromatic N) is 2. The van der Waals surface area contributed by atoms with Crippen LogP contribution in [0.4, 0.5) is 11.5 Å². The number of nitrogens with two attached hydrogens (primary N) is 1. The first-order chi connectivity index (χ1) is 15.9. The van der Waals surface area contributed by atoms with Crippen molar-refractivity contribution in [2.24, 2.45) is 5.73 Å². The fraction of sp³-hybridized carbons (Fsp3) is 0.565. The van der Waals surface area contributed by atoms with Gasteiger partial charge in [0, 0.05) is 13.0 Å². The van der Waals surface area contributed by atoms with Gasteiger partial charge in [0.05, 0.1) is 31.1 Å². The molecule has 4 rings (SSSR count). The molecule has 1 saturated heterocycles. The van der Waals surface area contributed by atoms with Crippen molar-refractivity contribution in [3.63, 3.8) is 0 Å². The van der Waals surface area contributed by atoms with Crippen LogP contribution in [0.5, 0.6) is 17.2 Å². The van der Waals surface area contributed by atoms with Crippen LogP contribution >= 0.6 is 0 Å². The second kappa shape index (κ2) is 10.1. The molecule has 0 amide bonds. The fourth-order valence-electron chi connectivity index (χ4n) is 3.87. The third kappa shape index (κ3) is 5.30. The lowest BCUT2D eigenvalue weighted by atomic mass is 10.1. The average molecular weight is 461 g/mol. The van der Waals surface area contributed by atoms with Crippen molar-refractivity contribution < 1.29 is 23.7 Å². The summed E-state index contributed by atoms with van der Waals surface area (Å²) in [6.07, 6.45) is 1.20. The van der Waals surface area contributed by atoms with E-state index in [2.05, 4.69) is 10.3 Å². The van der Waals surface area contributed by atoms with Crippen LogP contribution in [0.1, 0.15) is 40.3 Å². The maximum absolute atomic E-state index is 12.9. The van der Waals surface area contributed by atoms with Crippen LogP contribution in [0.2, 0.25) is 0 Å². The predicted molar refractivity (Wildman–Crippen MR) is 122 cm³/mol. The highest BCUT2D eigenvalue weighted by atomic mass is 16.6. The molecule has 10 heteroatoms. The first kappa shape index (κ1) is 23.5. The minimum absolute atomic E-state index is 0.0250. The molecule has 1 aromatic carbocycles. The molecule has 0 aliphatic carbocycles. The van der Waals surface area contributed by atoms with Crippen LogP contribution < -0.4 is 26.2 Å². The van der Waals surface area contributed by atoms with E-state index in [-0.39, 0.29) is 24.4 Å². The number of hydrogen-bond donors (Lipinski definition) is 2. The molecule has 180 valence electrons. The summed E-state index contributed by atoms with van der Waals surface area (Å²) in [5, 5.41) is 3.15. The van der Waals surface area contributed by atoms with Gasteiger partial charge in [-0.3, -0.25) is 4.57 Å². The van der Waals surface area contributed by atoms with E-state index in [9.17, 15) is 4.79 Å². The Labute approximate surface area is 192 Å². The van der Waals surface area contributed by atoms with Crippen molar-refractivity contribution in [1.82, 2.24) is 9.55 Å². The molecule has 3 heterocycles. The Morgan fingerprint density at radius 1 is 1.24 bits per heavy atom. The number of fused-ring (bicyclic) bond motifs is 2. The normalized spacial score (nSPS) is 21.5. The van der Waals surface area contributed by atoms with Gasteiger partial charge in [-0.1, -0.05) is 6.07 Å². The average Bonchev–Trinajstić information content (AvgIpc) is 3.16. The van der Waals surface area contributed by atoms with Crippen LogP contribution in [0, 0.1) is 0 Å². The molecule has 3 N–H and O–H groups in total. The summed E-state index contributed by atoms with van der Waals surface area (Å²) < 4.78 is 31.2. The highest BCUT2D eigenvalue weighted by Crippen LogP contribution is 2.45. The van der Waals surface area contributed by atoms with E-state index in [1.54, 1.807) is 12.3 Å². The Bertz CT molecular complexity index is 1020. The number of para-hydroxylation sites is 1. The number of ether oxygens (including phenoxy) is 5. The van der Waals surface area contributed by atoms with Crippen molar-refractivity contribution in [1.29, 1.82) is 0 Å². The zero-order valence-electron chi connectivity index (χ0n) is 19.4. The molecule has 0 bridgehead atoms. The van der Waals surface area contributed by atoms with Crippen LogP contribution in [-0.4, -0.2) is 53.7 Å². The Hall–Kier alpha value is -2.66. The van der Waals surface area contributed by atoms with Crippen molar-refractivity contribution in [3.05, 3.63) is 34.9 Å². The number of nitrogens with one attached hydrogen (secondary N) is 1. The fourth-order valence-corrected chi connectivity index (χ4v) is 3.87. The molecule has 1 unspecified atom stereocenters. The molecule has 2 aromatic rings. The van der Waals surface area contributed by atoms with Gasteiger partial charge in [0.25, 0.3) is 0 Å². The summed E-state index contributed by atoms with van der Waals surface area (Å²) in [6.45, 7) is 9.02. The smallest absolute Gasteiger partial charge is 0.351 e. The van der Waals surface area contributed by atoms with Crippen LogP contribution in [0.25, 0.3) is 0 Å². The molecular formula is C23H32N4O6. The summed E-state index contributed by atoms with van der Waals surface area (Å²) in [4.78, 5) is 17.1. The number of aromatic nitrogens is 2. The van der Waals surface area contributed by atoms with E-state index in [4.69, 9.17) is 29.4 Å². The molecule has 3 atom stereocenters. The molecule has 0 spiro atoms. The Kier molecular flexibility index (Phi) is 7.18.